The van der Waals surface area contributed by atoms with Gasteiger partial charge in [0.2, 0.25) is 0 Å². The van der Waals surface area contributed by atoms with Crippen molar-refractivity contribution in [1.29, 1.82) is 0 Å². The minimum atomic E-state index is -0.555. The van der Waals surface area contributed by atoms with Crippen molar-refractivity contribution in [1.82, 2.24) is 0 Å². The minimum absolute atomic E-state index is 0.121. The Morgan fingerprint density at radius 1 is 0.839 bits per heavy atom. The van der Waals surface area contributed by atoms with Gasteiger partial charge in [0.15, 0.2) is 6.61 Å². The first-order valence-corrected chi connectivity index (χ1v) is 10.4. The van der Waals surface area contributed by atoms with Crippen molar-refractivity contribution < 1.29 is 28.5 Å². The van der Waals surface area contributed by atoms with Crippen LogP contribution in [0.3, 0.4) is 0 Å². The molecule has 0 saturated heterocycles. The number of hydrogen-bond acceptors (Lipinski definition) is 6. The van der Waals surface area contributed by atoms with Crippen LogP contribution in [0.15, 0.2) is 77.3 Å². The molecule has 7 heteroatoms. The summed E-state index contributed by atoms with van der Waals surface area (Å²) in [6.45, 7) is 2.09. The van der Waals surface area contributed by atoms with Gasteiger partial charge in [0.05, 0.1) is 10.0 Å². The molecule has 3 aromatic carbocycles. The smallest absolute Gasteiger partial charge is 0.349 e. The largest absolute Gasteiger partial charge is 0.490 e. The van der Waals surface area contributed by atoms with Gasteiger partial charge in [-0.3, -0.25) is 0 Å². The van der Waals surface area contributed by atoms with Crippen molar-refractivity contribution in [3.05, 3.63) is 88.4 Å². The summed E-state index contributed by atoms with van der Waals surface area (Å²) < 4.78 is 22.1. The summed E-state index contributed by atoms with van der Waals surface area (Å²) in [4.78, 5) is 24.1. The second-order valence-electron chi connectivity index (χ2n) is 6.52. The lowest BCUT2D eigenvalue weighted by molar-refractivity contribution is -0.136. The molecule has 0 aliphatic heterocycles. The Kier molecular flexibility index (Phi) is 8.06. The van der Waals surface area contributed by atoms with E-state index in [1.165, 1.54) is 24.3 Å². The zero-order valence-corrected chi connectivity index (χ0v) is 18.5. The van der Waals surface area contributed by atoms with Crippen molar-refractivity contribution in [2.45, 2.75) is 6.92 Å². The molecule has 0 aliphatic carbocycles. The van der Waals surface area contributed by atoms with Crippen LogP contribution in [-0.4, -0.2) is 31.8 Å². The predicted octanol–water partition coefficient (Wildman–Crippen LogP) is 4.98. The molecule has 0 heterocycles. The van der Waals surface area contributed by atoms with Crippen LogP contribution < -0.4 is 14.2 Å². The number of esters is 2. The number of para-hydroxylation sites is 1. The fraction of sp³-hybridized carbons (Fsp3) is 0.167. The molecule has 31 heavy (non-hydrogen) atoms. The van der Waals surface area contributed by atoms with Gasteiger partial charge in [-0.05, 0) is 76.9 Å². The number of ether oxygens (including phenoxy) is 4. The van der Waals surface area contributed by atoms with Crippen molar-refractivity contribution in [3.8, 4) is 17.2 Å². The van der Waals surface area contributed by atoms with Gasteiger partial charge in [-0.2, -0.15) is 0 Å². The van der Waals surface area contributed by atoms with Crippen molar-refractivity contribution in [3.63, 3.8) is 0 Å². The molecule has 0 aromatic heterocycles. The van der Waals surface area contributed by atoms with E-state index in [-0.39, 0.29) is 19.8 Å². The lowest BCUT2D eigenvalue weighted by atomic mass is 10.2. The highest BCUT2D eigenvalue weighted by Gasteiger charge is 2.11. The third-order valence-electron chi connectivity index (χ3n) is 4.08. The van der Waals surface area contributed by atoms with Crippen LogP contribution in [0.25, 0.3) is 0 Å². The van der Waals surface area contributed by atoms with Gasteiger partial charge in [-0.15, -0.1) is 0 Å². The quantitative estimate of drug-likeness (QED) is 0.242. The number of benzene rings is 3. The van der Waals surface area contributed by atoms with Crippen LogP contribution in [0, 0.1) is 6.92 Å². The van der Waals surface area contributed by atoms with E-state index in [1.807, 2.05) is 49.4 Å². The van der Waals surface area contributed by atoms with Gasteiger partial charge in [-0.1, -0.05) is 24.3 Å². The normalized spacial score (nSPS) is 10.3. The molecule has 3 rings (SSSR count). The van der Waals surface area contributed by atoms with Gasteiger partial charge in [0.1, 0.15) is 30.5 Å². The standard InChI is InChI=1S/C24H21BrO6/c1-17-7-12-22(21(25)15-17)30-16-23(26)31-20-10-8-18(9-11-20)24(27)29-14-13-28-19-5-3-2-4-6-19/h2-12,15H,13-14,16H2,1H3. The molecule has 0 aliphatic rings. The SMILES string of the molecule is Cc1ccc(OCC(=O)Oc2ccc(C(=O)OCCOc3ccccc3)cc2)c(Br)c1. The topological polar surface area (TPSA) is 71.1 Å². The van der Waals surface area contributed by atoms with Gasteiger partial charge >= 0.3 is 11.9 Å². The minimum Gasteiger partial charge on any atom is -0.490 e. The molecule has 0 N–H and O–H groups in total. The molecule has 0 fully saturated rings. The molecule has 0 atom stereocenters. The summed E-state index contributed by atoms with van der Waals surface area (Å²) in [5.41, 5.74) is 1.42. The van der Waals surface area contributed by atoms with Crippen LogP contribution in [0.2, 0.25) is 0 Å². The Morgan fingerprint density at radius 2 is 1.58 bits per heavy atom. The third-order valence-corrected chi connectivity index (χ3v) is 4.70. The highest BCUT2D eigenvalue weighted by Crippen LogP contribution is 2.25. The van der Waals surface area contributed by atoms with Crippen LogP contribution in [0.1, 0.15) is 15.9 Å². The Labute approximate surface area is 188 Å². The van der Waals surface area contributed by atoms with Crippen LogP contribution in [0.4, 0.5) is 0 Å². The van der Waals surface area contributed by atoms with E-state index in [2.05, 4.69) is 15.9 Å². The zero-order chi connectivity index (χ0) is 22.1. The first kappa shape index (κ1) is 22.4. The predicted molar refractivity (Wildman–Crippen MR) is 119 cm³/mol. The van der Waals surface area contributed by atoms with Gasteiger partial charge in [-0.25, -0.2) is 9.59 Å². The average molecular weight is 485 g/mol. The summed E-state index contributed by atoms with van der Waals surface area (Å²) in [6, 6.07) is 20.9. The van der Waals surface area contributed by atoms with Gasteiger partial charge in [0, 0.05) is 0 Å². The summed E-state index contributed by atoms with van der Waals surface area (Å²) in [5, 5.41) is 0. The van der Waals surface area contributed by atoms with E-state index < -0.39 is 11.9 Å². The maximum atomic E-state index is 12.1. The lowest BCUT2D eigenvalue weighted by Crippen LogP contribution is -2.18. The van der Waals surface area contributed by atoms with Crippen LogP contribution in [-0.2, 0) is 9.53 Å². The Balaban J connectivity index is 1.41. The molecule has 0 radical (unpaired) electrons. The number of hydrogen-bond donors (Lipinski definition) is 0. The maximum absolute atomic E-state index is 12.1. The number of halogens is 1. The number of carbonyl (C=O) groups excluding carboxylic acids is 2. The van der Waals surface area contributed by atoms with Crippen molar-refractivity contribution >= 4 is 27.9 Å². The van der Waals surface area contributed by atoms with Crippen LogP contribution in [0.5, 0.6) is 17.2 Å². The van der Waals surface area contributed by atoms with E-state index in [9.17, 15) is 9.59 Å². The molecule has 0 saturated carbocycles. The Hall–Kier alpha value is -3.32. The fourth-order valence-corrected chi connectivity index (χ4v) is 3.18. The number of carbonyl (C=O) groups is 2. The molecule has 0 spiro atoms. The van der Waals surface area contributed by atoms with E-state index in [1.54, 1.807) is 6.07 Å². The summed E-state index contributed by atoms with van der Waals surface area (Å²) in [6.07, 6.45) is 0. The van der Waals surface area contributed by atoms with E-state index >= 15 is 0 Å². The summed E-state index contributed by atoms with van der Waals surface area (Å²) in [5.74, 6) is 0.531. The Bertz CT molecular complexity index is 1020. The summed E-state index contributed by atoms with van der Waals surface area (Å²) >= 11 is 3.39. The molecule has 0 amide bonds. The third kappa shape index (κ3) is 7.15. The Morgan fingerprint density at radius 3 is 2.29 bits per heavy atom. The summed E-state index contributed by atoms with van der Waals surface area (Å²) in [7, 11) is 0. The van der Waals surface area contributed by atoms with E-state index in [0.717, 1.165) is 10.0 Å². The van der Waals surface area contributed by atoms with E-state index in [4.69, 9.17) is 18.9 Å². The van der Waals surface area contributed by atoms with Crippen molar-refractivity contribution in [2.75, 3.05) is 19.8 Å². The molecular formula is C24H21BrO6. The number of rotatable bonds is 9. The van der Waals surface area contributed by atoms with Crippen molar-refractivity contribution in [2.24, 2.45) is 0 Å². The van der Waals surface area contributed by atoms with Gasteiger partial charge < -0.3 is 18.9 Å². The second kappa shape index (κ2) is 11.2. The maximum Gasteiger partial charge on any atom is 0.349 e. The first-order valence-electron chi connectivity index (χ1n) is 9.56. The first-order chi connectivity index (χ1) is 15.0. The lowest BCUT2D eigenvalue weighted by Gasteiger charge is -2.09. The monoisotopic (exact) mass is 484 g/mol. The highest BCUT2D eigenvalue weighted by molar-refractivity contribution is 9.10. The molecule has 0 bridgehead atoms. The molecule has 160 valence electrons. The molecule has 0 unspecified atom stereocenters. The average Bonchev–Trinajstić information content (AvgIpc) is 2.77. The van der Waals surface area contributed by atoms with Crippen LogP contribution >= 0.6 is 15.9 Å². The number of aryl methyl sites for hydroxylation is 1. The molecule has 3 aromatic rings. The molecular weight excluding hydrogens is 464 g/mol. The van der Waals surface area contributed by atoms with Gasteiger partial charge in [0.25, 0.3) is 0 Å². The fourth-order valence-electron chi connectivity index (χ4n) is 2.57. The van der Waals surface area contributed by atoms with E-state index in [0.29, 0.717) is 22.8 Å². The highest BCUT2D eigenvalue weighted by atomic mass is 79.9. The molecule has 6 nitrogen and oxygen atoms in total. The zero-order valence-electron chi connectivity index (χ0n) is 16.9. The second-order valence-corrected chi connectivity index (χ2v) is 7.37.